The van der Waals surface area contributed by atoms with Gasteiger partial charge < -0.3 is 15.4 Å². The molecule has 2 amide bonds. The van der Waals surface area contributed by atoms with Crippen molar-refractivity contribution in [3.8, 4) is 5.75 Å². The Bertz CT molecular complexity index is 805. The van der Waals surface area contributed by atoms with Gasteiger partial charge in [0.05, 0.1) is 18.9 Å². The number of halogens is 1. The molecule has 0 radical (unpaired) electrons. The van der Waals surface area contributed by atoms with Gasteiger partial charge in [0, 0.05) is 16.4 Å². The summed E-state index contributed by atoms with van der Waals surface area (Å²) in [7, 11) is 1.59. The lowest BCUT2D eigenvalue weighted by molar-refractivity contribution is -0.122. The lowest BCUT2D eigenvalue weighted by Gasteiger charge is -2.09. The molecule has 0 saturated heterocycles. The number of anilines is 2. The van der Waals surface area contributed by atoms with Gasteiger partial charge in [-0.1, -0.05) is 17.7 Å². The van der Waals surface area contributed by atoms with E-state index in [9.17, 15) is 9.59 Å². The fourth-order valence-electron chi connectivity index (χ4n) is 2.65. The summed E-state index contributed by atoms with van der Waals surface area (Å²) in [4.78, 5) is 24.6. The minimum absolute atomic E-state index is 0.145. The van der Waals surface area contributed by atoms with Crippen LogP contribution in [0.15, 0.2) is 42.5 Å². The van der Waals surface area contributed by atoms with Gasteiger partial charge in [0.2, 0.25) is 11.8 Å². The first-order valence-electron chi connectivity index (χ1n) is 8.00. The third-order valence-corrected chi connectivity index (χ3v) is 4.76. The smallest absolute Gasteiger partial charge is 0.228 e. The Labute approximate surface area is 151 Å². The Morgan fingerprint density at radius 2 is 1.68 bits per heavy atom. The first kappa shape index (κ1) is 17.3. The highest BCUT2D eigenvalue weighted by molar-refractivity contribution is 6.31. The van der Waals surface area contributed by atoms with Crippen molar-refractivity contribution in [3.63, 3.8) is 0 Å². The highest BCUT2D eigenvalue weighted by Crippen LogP contribution is 2.40. The Morgan fingerprint density at radius 1 is 1.04 bits per heavy atom. The van der Waals surface area contributed by atoms with Crippen molar-refractivity contribution in [1.82, 2.24) is 0 Å². The van der Waals surface area contributed by atoms with Crippen molar-refractivity contribution in [2.45, 2.75) is 13.3 Å². The molecule has 1 aliphatic carbocycles. The Balaban J connectivity index is 1.56. The number of rotatable bonds is 5. The van der Waals surface area contributed by atoms with Crippen molar-refractivity contribution in [1.29, 1.82) is 0 Å². The molecule has 0 bridgehead atoms. The largest absolute Gasteiger partial charge is 0.497 e. The van der Waals surface area contributed by atoms with Crippen molar-refractivity contribution >= 4 is 34.8 Å². The molecule has 130 valence electrons. The first-order chi connectivity index (χ1) is 12.0. The minimum atomic E-state index is -0.309. The van der Waals surface area contributed by atoms with Crippen LogP contribution < -0.4 is 15.4 Å². The van der Waals surface area contributed by atoms with Gasteiger partial charge in [-0.25, -0.2) is 0 Å². The summed E-state index contributed by atoms with van der Waals surface area (Å²) in [6.45, 7) is 1.85. The van der Waals surface area contributed by atoms with Gasteiger partial charge in [-0.15, -0.1) is 0 Å². The summed E-state index contributed by atoms with van der Waals surface area (Å²) in [5, 5.41) is 6.29. The van der Waals surface area contributed by atoms with E-state index in [4.69, 9.17) is 16.3 Å². The molecule has 0 spiro atoms. The van der Waals surface area contributed by atoms with Crippen LogP contribution in [0.2, 0.25) is 5.02 Å². The van der Waals surface area contributed by atoms with Gasteiger partial charge in [-0.2, -0.15) is 0 Å². The topological polar surface area (TPSA) is 67.4 Å². The van der Waals surface area contributed by atoms with Gasteiger partial charge in [0.25, 0.3) is 0 Å². The Morgan fingerprint density at radius 3 is 2.32 bits per heavy atom. The molecule has 6 heteroatoms. The summed E-state index contributed by atoms with van der Waals surface area (Å²) in [5.41, 5.74) is 2.18. The molecule has 2 N–H and O–H groups in total. The van der Waals surface area contributed by atoms with E-state index < -0.39 is 0 Å². The lowest BCUT2D eigenvalue weighted by atomic mass is 10.2. The average Bonchev–Trinajstić information content (AvgIpc) is 3.40. The van der Waals surface area contributed by atoms with E-state index in [1.54, 1.807) is 49.6 Å². The molecule has 1 aliphatic rings. The van der Waals surface area contributed by atoms with Crippen LogP contribution in [0.3, 0.4) is 0 Å². The summed E-state index contributed by atoms with van der Waals surface area (Å²) < 4.78 is 5.08. The van der Waals surface area contributed by atoms with Crippen LogP contribution in [-0.4, -0.2) is 18.9 Å². The van der Waals surface area contributed by atoms with Crippen LogP contribution in [0.5, 0.6) is 5.75 Å². The number of nitrogens with one attached hydrogen (secondary N) is 2. The molecular weight excluding hydrogens is 340 g/mol. The predicted octanol–water partition coefficient (Wildman–Crippen LogP) is 3.87. The zero-order valence-electron chi connectivity index (χ0n) is 14.0. The highest BCUT2D eigenvalue weighted by Gasteiger charge is 2.48. The van der Waals surface area contributed by atoms with E-state index in [-0.39, 0.29) is 23.7 Å². The van der Waals surface area contributed by atoms with Gasteiger partial charge >= 0.3 is 0 Å². The van der Waals surface area contributed by atoms with Crippen LogP contribution in [0.25, 0.3) is 0 Å². The maximum Gasteiger partial charge on any atom is 0.228 e. The molecular formula is C19H19ClN2O3. The number of hydrogen-bond acceptors (Lipinski definition) is 3. The van der Waals surface area contributed by atoms with E-state index in [1.165, 1.54) is 0 Å². The van der Waals surface area contributed by atoms with E-state index in [0.717, 1.165) is 11.3 Å². The SMILES string of the molecule is COc1ccc(NC(=O)C2CC2C(=O)Nc2cccc(Cl)c2C)cc1. The van der Waals surface area contributed by atoms with Crippen molar-refractivity contribution in [2.24, 2.45) is 11.8 Å². The normalized spacial score (nSPS) is 18.4. The van der Waals surface area contributed by atoms with Crippen LogP contribution in [0.4, 0.5) is 11.4 Å². The zero-order valence-corrected chi connectivity index (χ0v) is 14.8. The summed E-state index contributed by atoms with van der Waals surface area (Å²) in [6.07, 6.45) is 0.549. The zero-order chi connectivity index (χ0) is 18.0. The van der Waals surface area contributed by atoms with E-state index in [0.29, 0.717) is 22.8 Å². The number of ether oxygens (including phenoxy) is 1. The van der Waals surface area contributed by atoms with Gasteiger partial charge in [-0.05, 0) is 55.3 Å². The number of methoxy groups -OCH3 is 1. The first-order valence-corrected chi connectivity index (χ1v) is 8.38. The molecule has 1 saturated carbocycles. The summed E-state index contributed by atoms with van der Waals surface area (Å²) in [5.74, 6) is -0.190. The molecule has 2 atom stereocenters. The summed E-state index contributed by atoms with van der Waals surface area (Å²) in [6, 6.07) is 12.4. The van der Waals surface area contributed by atoms with Crippen LogP contribution in [0, 0.1) is 18.8 Å². The molecule has 2 aromatic rings. The molecule has 0 heterocycles. The maximum absolute atomic E-state index is 12.3. The average molecular weight is 359 g/mol. The number of hydrogen-bond donors (Lipinski definition) is 2. The monoisotopic (exact) mass is 358 g/mol. The van der Waals surface area contributed by atoms with Gasteiger partial charge in [0.15, 0.2) is 0 Å². The van der Waals surface area contributed by atoms with Crippen LogP contribution >= 0.6 is 11.6 Å². The van der Waals surface area contributed by atoms with Crippen molar-refractivity contribution < 1.29 is 14.3 Å². The van der Waals surface area contributed by atoms with Crippen LogP contribution in [0.1, 0.15) is 12.0 Å². The van der Waals surface area contributed by atoms with Gasteiger partial charge in [-0.3, -0.25) is 9.59 Å². The molecule has 1 fully saturated rings. The van der Waals surface area contributed by atoms with E-state index in [2.05, 4.69) is 10.6 Å². The standard InChI is InChI=1S/C19H19ClN2O3/c1-11-16(20)4-3-5-17(11)22-19(24)15-10-14(15)18(23)21-12-6-8-13(25-2)9-7-12/h3-9,14-15H,10H2,1-2H3,(H,21,23)(H,22,24). The second-order valence-electron chi connectivity index (χ2n) is 6.07. The van der Waals surface area contributed by atoms with E-state index >= 15 is 0 Å². The second-order valence-corrected chi connectivity index (χ2v) is 6.48. The molecule has 0 aromatic heterocycles. The van der Waals surface area contributed by atoms with E-state index in [1.807, 2.05) is 6.92 Å². The number of benzene rings is 2. The molecule has 3 rings (SSSR count). The van der Waals surface area contributed by atoms with Crippen molar-refractivity contribution in [2.75, 3.05) is 17.7 Å². The molecule has 0 aliphatic heterocycles. The molecule has 2 aromatic carbocycles. The predicted molar refractivity (Wildman–Crippen MR) is 98.0 cm³/mol. The maximum atomic E-state index is 12.3. The third kappa shape index (κ3) is 3.94. The van der Waals surface area contributed by atoms with Gasteiger partial charge in [0.1, 0.15) is 5.75 Å². The number of carbonyl (C=O) groups is 2. The fourth-order valence-corrected chi connectivity index (χ4v) is 2.83. The molecule has 2 unspecified atom stereocenters. The van der Waals surface area contributed by atoms with Crippen LogP contribution in [-0.2, 0) is 9.59 Å². The number of amides is 2. The fraction of sp³-hybridized carbons (Fsp3) is 0.263. The molecule has 25 heavy (non-hydrogen) atoms. The Hall–Kier alpha value is -2.53. The minimum Gasteiger partial charge on any atom is -0.497 e. The second kappa shape index (κ2) is 7.15. The quantitative estimate of drug-likeness (QED) is 0.852. The Kier molecular flexibility index (Phi) is 4.95. The lowest BCUT2D eigenvalue weighted by Crippen LogP contribution is -2.20. The highest BCUT2D eigenvalue weighted by atomic mass is 35.5. The third-order valence-electron chi connectivity index (χ3n) is 4.35. The number of carbonyl (C=O) groups excluding carboxylic acids is 2. The summed E-state index contributed by atoms with van der Waals surface area (Å²) >= 11 is 6.06. The van der Waals surface area contributed by atoms with Crippen molar-refractivity contribution in [3.05, 3.63) is 53.1 Å². The molecule has 5 nitrogen and oxygen atoms in total.